The van der Waals surface area contributed by atoms with Crippen LogP contribution in [0.25, 0.3) is 0 Å². The number of methoxy groups -OCH3 is 2. The van der Waals surface area contributed by atoms with E-state index in [-0.39, 0.29) is 30.6 Å². The molecule has 1 aliphatic carbocycles. The van der Waals surface area contributed by atoms with Crippen LogP contribution in [0.3, 0.4) is 0 Å². The molecule has 13 heteroatoms. The number of aromatic nitrogens is 4. The second-order valence-electron chi connectivity index (χ2n) is 11.5. The van der Waals surface area contributed by atoms with Gasteiger partial charge in [-0.15, -0.1) is 0 Å². The van der Waals surface area contributed by atoms with Crippen LogP contribution in [0.5, 0.6) is 17.2 Å². The maximum Gasteiger partial charge on any atom is 0.268 e. The van der Waals surface area contributed by atoms with Crippen LogP contribution in [0.2, 0.25) is 0 Å². The Morgan fingerprint density at radius 3 is 2.63 bits per heavy atom. The highest BCUT2D eigenvalue weighted by Crippen LogP contribution is 2.39. The second kappa shape index (κ2) is 13.6. The van der Waals surface area contributed by atoms with E-state index in [9.17, 15) is 8.42 Å². The molecular formula is C33H38FN5O6S. The number of ether oxygens (including phenoxy) is 4. The average Bonchev–Trinajstić information content (AvgIpc) is 3.76. The Hall–Kier alpha value is -4.23. The number of sulfonamides is 1. The monoisotopic (exact) mass is 651 g/mol. The molecule has 46 heavy (non-hydrogen) atoms. The molecule has 1 aliphatic heterocycles. The Morgan fingerprint density at radius 2 is 1.89 bits per heavy atom. The number of aryl methyl sites for hydroxylation is 1. The third-order valence-electron chi connectivity index (χ3n) is 8.62. The van der Waals surface area contributed by atoms with Crippen LogP contribution in [-0.4, -0.2) is 55.1 Å². The molecule has 0 amide bonds. The Balaban J connectivity index is 1.26. The average molecular weight is 652 g/mol. The molecule has 2 fully saturated rings. The minimum atomic E-state index is -4.45. The third kappa shape index (κ3) is 6.52. The van der Waals surface area contributed by atoms with Crippen molar-refractivity contribution in [3.05, 3.63) is 83.8 Å². The molecule has 1 unspecified atom stereocenters. The molecule has 0 radical (unpaired) electrons. The Morgan fingerprint density at radius 1 is 1.02 bits per heavy atom. The minimum Gasteiger partial charge on any atom is -0.497 e. The van der Waals surface area contributed by atoms with Crippen molar-refractivity contribution in [3.63, 3.8) is 0 Å². The zero-order valence-electron chi connectivity index (χ0n) is 26.1. The topological polar surface area (TPSA) is 118 Å². The largest absolute Gasteiger partial charge is 0.497 e. The summed E-state index contributed by atoms with van der Waals surface area (Å²) < 4.78 is 70.2. The molecule has 4 aromatic rings. The summed E-state index contributed by atoms with van der Waals surface area (Å²) in [4.78, 5) is 7.60. The maximum atomic E-state index is 15.9. The SMILES string of the molecule is COc1ccc(CN(c2ccncn2)S(=O)(=O)c2cc(C)c(O[C@@H]3CCC[C@H]3c3ccn(C4CCCCO4)n3)cc2F)c(OC)c1. The highest BCUT2D eigenvalue weighted by molar-refractivity contribution is 7.92. The van der Waals surface area contributed by atoms with Crippen molar-refractivity contribution in [1.29, 1.82) is 0 Å². The zero-order valence-corrected chi connectivity index (χ0v) is 27.0. The number of hydrogen-bond donors (Lipinski definition) is 0. The van der Waals surface area contributed by atoms with E-state index in [1.54, 1.807) is 25.1 Å². The van der Waals surface area contributed by atoms with Crippen molar-refractivity contribution in [2.75, 3.05) is 25.1 Å². The summed E-state index contributed by atoms with van der Waals surface area (Å²) in [6.45, 7) is 2.28. The number of rotatable bonds is 11. The molecular weight excluding hydrogens is 613 g/mol. The molecule has 6 rings (SSSR count). The highest BCUT2D eigenvalue weighted by atomic mass is 32.2. The first-order valence-corrected chi connectivity index (χ1v) is 16.9. The van der Waals surface area contributed by atoms with Gasteiger partial charge in [0.05, 0.1) is 26.5 Å². The molecule has 2 aromatic heterocycles. The van der Waals surface area contributed by atoms with Crippen molar-refractivity contribution >= 4 is 15.8 Å². The van der Waals surface area contributed by atoms with E-state index in [1.165, 1.54) is 38.9 Å². The molecule has 1 saturated heterocycles. The van der Waals surface area contributed by atoms with Crippen LogP contribution in [0.1, 0.15) is 67.5 Å². The van der Waals surface area contributed by atoms with Gasteiger partial charge in [0, 0.05) is 48.7 Å². The van der Waals surface area contributed by atoms with Gasteiger partial charge in [-0.1, -0.05) is 0 Å². The third-order valence-corrected chi connectivity index (χ3v) is 10.4. The van der Waals surface area contributed by atoms with E-state index in [0.717, 1.165) is 61.2 Å². The minimum absolute atomic E-state index is 0.0310. The van der Waals surface area contributed by atoms with Crippen LogP contribution in [0.15, 0.2) is 66.1 Å². The summed E-state index contributed by atoms with van der Waals surface area (Å²) in [6.07, 6.45) is 10.1. The van der Waals surface area contributed by atoms with Gasteiger partial charge in [-0.2, -0.15) is 5.10 Å². The van der Waals surface area contributed by atoms with E-state index >= 15 is 4.39 Å². The van der Waals surface area contributed by atoms with Gasteiger partial charge in [0.1, 0.15) is 52.4 Å². The molecule has 3 atom stereocenters. The fraction of sp³-hybridized carbons (Fsp3) is 0.424. The van der Waals surface area contributed by atoms with Gasteiger partial charge in [0.15, 0.2) is 0 Å². The first kappa shape index (κ1) is 31.7. The fourth-order valence-electron chi connectivity index (χ4n) is 6.15. The predicted molar refractivity (Wildman–Crippen MR) is 168 cm³/mol. The van der Waals surface area contributed by atoms with Gasteiger partial charge in [-0.3, -0.25) is 0 Å². The van der Waals surface area contributed by atoms with E-state index in [1.807, 2.05) is 16.9 Å². The van der Waals surface area contributed by atoms with Crippen molar-refractivity contribution in [2.45, 2.75) is 75.1 Å². The standard InChI is InChI=1S/C33H38FN5O6S/c1-22-17-31(46(40,41)39(32-12-14-35-21-36-32)20-23-10-11-24(42-2)18-30(23)43-3)26(34)19-29(22)45-28-8-6-7-25(28)27-13-15-38(37-27)33-9-4-5-16-44-33/h10-15,17-19,21,25,28,33H,4-9,16,20H2,1-3H3/t25-,28+,33?/m0/s1. The van der Waals surface area contributed by atoms with Gasteiger partial charge in [0.25, 0.3) is 10.0 Å². The normalized spacial score (nSPS) is 20.0. The summed E-state index contributed by atoms with van der Waals surface area (Å²) in [5, 5.41) is 4.83. The van der Waals surface area contributed by atoms with Crippen molar-refractivity contribution in [2.24, 2.45) is 0 Å². The summed E-state index contributed by atoms with van der Waals surface area (Å²) in [5.41, 5.74) is 1.95. The van der Waals surface area contributed by atoms with Crippen molar-refractivity contribution in [1.82, 2.24) is 19.7 Å². The van der Waals surface area contributed by atoms with Crippen molar-refractivity contribution in [3.8, 4) is 17.2 Å². The molecule has 2 aliphatic rings. The fourth-order valence-corrected chi connectivity index (χ4v) is 7.68. The molecule has 244 valence electrons. The van der Waals surface area contributed by atoms with E-state index in [0.29, 0.717) is 28.4 Å². The molecule has 11 nitrogen and oxygen atoms in total. The van der Waals surface area contributed by atoms with Crippen LogP contribution in [-0.2, 0) is 21.3 Å². The van der Waals surface area contributed by atoms with Crippen LogP contribution in [0, 0.1) is 12.7 Å². The second-order valence-corrected chi connectivity index (χ2v) is 13.4. The lowest BCUT2D eigenvalue weighted by molar-refractivity contribution is -0.0398. The first-order chi connectivity index (χ1) is 22.3. The van der Waals surface area contributed by atoms with Gasteiger partial charge in [-0.05, 0) is 75.3 Å². The maximum absolute atomic E-state index is 15.9. The Bertz CT molecular complexity index is 1760. The number of benzene rings is 2. The summed E-state index contributed by atoms with van der Waals surface area (Å²) >= 11 is 0. The van der Waals surface area contributed by atoms with E-state index in [4.69, 9.17) is 24.0 Å². The predicted octanol–water partition coefficient (Wildman–Crippen LogP) is 5.95. The molecule has 2 aromatic carbocycles. The lowest BCUT2D eigenvalue weighted by atomic mass is 10.0. The van der Waals surface area contributed by atoms with Crippen LogP contribution >= 0.6 is 0 Å². The van der Waals surface area contributed by atoms with Crippen LogP contribution in [0.4, 0.5) is 10.2 Å². The first-order valence-electron chi connectivity index (χ1n) is 15.4. The lowest BCUT2D eigenvalue weighted by Crippen LogP contribution is -2.32. The molecule has 3 heterocycles. The van der Waals surface area contributed by atoms with Crippen LogP contribution < -0.4 is 18.5 Å². The number of anilines is 1. The number of hydrogen-bond acceptors (Lipinski definition) is 9. The van der Waals surface area contributed by atoms with Gasteiger partial charge >= 0.3 is 0 Å². The summed E-state index contributed by atoms with van der Waals surface area (Å²) in [7, 11) is -1.44. The number of halogens is 1. The van der Waals surface area contributed by atoms with Gasteiger partial charge in [-0.25, -0.2) is 31.8 Å². The van der Waals surface area contributed by atoms with E-state index < -0.39 is 20.7 Å². The Kier molecular flexibility index (Phi) is 9.41. The molecule has 0 N–H and O–H groups in total. The number of nitrogens with zero attached hydrogens (tertiary/aromatic N) is 5. The Labute approximate surface area is 268 Å². The molecule has 0 spiro atoms. The van der Waals surface area contributed by atoms with E-state index in [2.05, 4.69) is 9.97 Å². The molecule has 0 bridgehead atoms. The van der Waals surface area contributed by atoms with Gasteiger partial charge < -0.3 is 18.9 Å². The van der Waals surface area contributed by atoms with Gasteiger partial charge in [0.2, 0.25) is 0 Å². The molecule has 1 saturated carbocycles. The highest BCUT2D eigenvalue weighted by Gasteiger charge is 2.35. The smallest absolute Gasteiger partial charge is 0.268 e. The lowest BCUT2D eigenvalue weighted by Gasteiger charge is -2.26. The zero-order chi connectivity index (χ0) is 32.3. The summed E-state index contributed by atoms with van der Waals surface area (Å²) in [6, 6.07) is 11.0. The summed E-state index contributed by atoms with van der Waals surface area (Å²) in [5.74, 6) is 0.450. The van der Waals surface area contributed by atoms with Crippen molar-refractivity contribution < 1.29 is 31.8 Å². The quantitative estimate of drug-likeness (QED) is 0.194.